The van der Waals surface area contributed by atoms with Crippen LogP contribution in [0.1, 0.15) is 23.6 Å². The fourth-order valence-corrected chi connectivity index (χ4v) is 3.69. The average molecular weight is 334 g/mol. The summed E-state index contributed by atoms with van der Waals surface area (Å²) in [4.78, 5) is 0. The molecule has 0 amide bonds. The van der Waals surface area contributed by atoms with Gasteiger partial charge in [-0.05, 0) is 41.8 Å². The molecule has 0 unspecified atom stereocenters. The molecule has 0 saturated heterocycles. The van der Waals surface area contributed by atoms with Gasteiger partial charge in [-0.2, -0.15) is 5.26 Å². The van der Waals surface area contributed by atoms with Gasteiger partial charge in [-0.3, -0.25) is 0 Å². The highest BCUT2D eigenvalue weighted by molar-refractivity contribution is 7.17. The van der Waals surface area contributed by atoms with Crippen LogP contribution in [0, 0.1) is 18.3 Å². The van der Waals surface area contributed by atoms with E-state index in [1.54, 1.807) is 11.3 Å². The number of fused-ring (bicyclic) bond motifs is 1. The van der Waals surface area contributed by atoms with Gasteiger partial charge in [0.15, 0.2) is 0 Å². The fraction of sp³-hybridized carbons (Fsp3) is 0.150. The number of ether oxygens (including phenoxy) is 1. The Kier molecular flexibility index (Phi) is 4.54. The standard InChI is InChI=1S/C20H18N2OS/c1-3-15-16-9-10-24-20(16)13(2)11-17(15)23-18(12-21)19(22)14-7-5-4-6-8-14/h4-11H,3,22H2,1-2H3. The molecule has 3 nitrogen and oxygen atoms in total. The summed E-state index contributed by atoms with van der Waals surface area (Å²) in [5.74, 6) is 0.834. The highest BCUT2D eigenvalue weighted by Crippen LogP contribution is 2.36. The van der Waals surface area contributed by atoms with Gasteiger partial charge in [0.1, 0.15) is 11.8 Å². The molecule has 0 bridgehead atoms. The summed E-state index contributed by atoms with van der Waals surface area (Å²) in [6.45, 7) is 4.15. The van der Waals surface area contributed by atoms with Crippen molar-refractivity contribution >= 4 is 27.1 Å². The van der Waals surface area contributed by atoms with E-state index in [9.17, 15) is 5.26 Å². The third kappa shape index (κ3) is 2.86. The zero-order valence-electron chi connectivity index (χ0n) is 13.7. The zero-order valence-corrected chi connectivity index (χ0v) is 14.5. The van der Waals surface area contributed by atoms with Crippen LogP contribution in [0.4, 0.5) is 0 Å². The molecule has 3 aromatic rings. The summed E-state index contributed by atoms with van der Waals surface area (Å²) in [6.07, 6.45) is 0.826. The minimum Gasteiger partial charge on any atom is -0.444 e. The summed E-state index contributed by atoms with van der Waals surface area (Å²) in [5, 5.41) is 12.8. The predicted octanol–water partition coefficient (Wildman–Crippen LogP) is 5.00. The lowest BCUT2D eigenvalue weighted by molar-refractivity contribution is 0.445. The first-order valence-electron chi connectivity index (χ1n) is 7.78. The van der Waals surface area contributed by atoms with E-state index in [0.717, 1.165) is 23.1 Å². The maximum atomic E-state index is 9.51. The molecule has 0 fully saturated rings. The van der Waals surface area contributed by atoms with E-state index in [0.29, 0.717) is 11.4 Å². The molecule has 0 aliphatic rings. The first-order chi connectivity index (χ1) is 11.7. The van der Waals surface area contributed by atoms with Crippen LogP contribution in [0.25, 0.3) is 15.8 Å². The number of rotatable bonds is 4. The van der Waals surface area contributed by atoms with E-state index < -0.39 is 0 Å². The maximum absolute atomic E-state index is 9.51. The molecule has 1 aromatic heterocycles. The summed E-state index contributed by atoms with van der Waals surface area (Å²) in [7, 11) is 0. The Hall–Kier alpha value is -2.77. The molecule has 0 radical (unpaired) electrons. The van der Waals surface area contributed by atoms with Crippen molar-refractivity contribution in [2.75, 3.05) is 0 Å². The first kappa shape index (κ1) is 16.1. The van der Waals surface area contributed by atoms with Crippen molar-refractivity contribution in [1.29, 1.82) is 5.26 Å². The number of nitriles is 1. The Morgan fingerprint density at radius 2 is 2.00 bits per heavy atom. The summed E-state index contributed by atoms with van der Waals surface area (Å²) in [5.41, 5.74) is 9.53. The summed E-state index contributed by atoms with van der Waals surface area (Å²) in [6, 6.07) is 15.6. The summed E-state index contributed by atoms with van der Waals surface area (Å²) >= 11 is 1.72. The van der Waals surface area contributed by atoms with Crippen molar-refractivity contribution in [2.45, 2.75) is 20.3 Å². The number of aryl methyl sites for hydroxylation is 2. The normalized spacial score (nSPS) is 11.9. The van der Waals surface area contributed by atoms with Crippen LogP contribution in [-0.4, -0.2) is 0 Å². The molecule has 3 rings (SSSR count). The molecule has 0 aliphatic carbocycles. The lowest BCUT2D eigenvalue weighted by Crippen LogP contribution is -2.07. The number of hydrogen-bond acceptors (Lipinski definition) is 4. The largest absolute Gasteiger partial charge is 0.444 e. The van der Waals surface area contributed by atoms with Gasteiger partial charge in [-0.1, -0.05) is 37.3 Å². The van der Waals surface area contributed by atoms with Crippen LogP contribution in [0.5, 0.6) is 5.75 Å². The third-order valence-electron chi connectivity index (χ3n) is 3.99. The second kappa shape index (κ2) is 6.77. The first-order valence-corrected chi connectivity index (χ1v) is 8.66. The number of allylic oxidation sites excluding steroid dienone is 1. The SMILES string of the molecule is CCc1c(OC(C#N)=C(N)c2ccccc2)cc(C)c2sccc12. The topological polar surface area (TPSA) is 59.0 Å². The van der Waals surface area contributed by atoms with Gasteiger partial charge >= 0.3 is 0 Å². The Morgan fingerprint density at radius 3 is 2.67 bits per heavy atom. The Balaban J connectivity index is 2.10. The van der Waals surface area contributed by atoms with E-state index in [-0.39, 0.29) is 5.76 Å². The number of nitrogens with two attached hydrogens (primary N) is 1. The van der Waals surface area contributed by atoms with Gasteiger partial charge in [0.25, 0.3) is 0 Å². The number of hydrogen-bond donors (Lipinski definition) is 1. The fourth-order valence-electron chi connectivity index (χ4n) is 2.79. The predicted molar refractivity (Wildman–Crippen MR) is 99.7 cm³/mol. The van der Waals surface area contributed by atoms with Crippen LogP contribution in [0.2, 0.25) is 0 Å². The van der Waals surface area contributed by atoms with Crippen molar-refractivity contribution in [3.05, 3.63) is 70.3 Å². The van der Waals surface area contributed by atoms with E-state index in [4.69, 9.17) is 10.5 Å². The van der Waals surface area contributed by atoms with Crippen molar-refractivity contribution in [2.24, 2.45) is 5.73 Å². The second-order valence-electron chi connectivity index (χ2n) is 5.51. The molecule has 0 spiro atoms. The van der Waals surface area contributed by atoms with E-state index >= 15 is 0 Å². The zero-order chi connectivity index (χ0) is 17.1. The molecule has 1 heterocycles. The monoisotopic (exact) mass is 334 g/mol. The van der Waals surface area contributed by atoms with E-state index in [1.807, 2.05) is 36.4 Å². The number of benzene rings is 2. The number of thiophene rings is 1. The molecule has 120 valence electrons. The number of nitrogens with zero attached hydrogens (tertiary/aromatic N) is 1. The van der Waals surface area contributed by atoms with Gasteiger partial charge in [0, 0.05) is 15.8 Å². The Morgan fingerprint density at radius 1 is 1.25 bits per heavy atom. The Bertz CT molecular complexity index is 949. The van der Waals surface area contributed by atoms with Gasteiger partial charge in [-0.25, -0.2) is 0 Å². The smallest absolute Gasteiger partial charge is 0.227 e. The third-order valence-corrected chi connectivity index (χ3v) is 5.04. The van der Waals surface area contributed by atoms with Crippen molar-refractivity contribution < 1.29 is 4.74 Å². The van der Waals surface area contributed by atoms with Gasteiger partial charge < -0.3 is 10.5 Å². The highest BCUT2D eigenvalue weighted by atomic mass is 32.1. The van der Waals surface area contributed by atoms with Crippen LogP contribution < -0.4 is 10.5 Å². The van der Waals surface area contributed by atoms with Gasteiger partial charge in [0.05, 0.1) is 5.70 Å². The van der Waals surface area contributed by atoms with Gasteiger partial charge in [-0.15, -0.1) is 11.3 Å². The molecular formula is C20H18N2OS. The summed E-state index contributed by atoms with van der Waals surface area (Å²) < 4.78 is 7.22. The van der Waals surface area contributed by atoms with E-state index in [2.05, 4.69) is 31.4 Å². The molecular weight excluding hydrogens is 316 g/mol. The lowest BCUT2D eigenvalue weighted by atomic mass is 10.0. The molecule has 0 atom stereocenters. The molecule has 2 aromatic carbocycles. The van der Waals surface area contributed by atoms with Gasteiger partial charge in [0.2, 0.25) is 5.76 Å². The highest BCUT2D eigenvalue weighted by Gasteiger charge is 2.15. The van der Waals surface area contributed by atoms with Crippen molar-refractivity contribution in [3.63, 3.8) is 0 Å². The second-order valence-corrected chi connectivity index (χ2v) is 6.43. The minimum atomic E-state index is 0.130. The molecule has 2 N–H and O–H groups in total. The van der Waals surface area contributed by atoms with Crippen molar-refractivity contribution in [1.82, 2.24) is 0 Å². The van der Waals surface area contributed by atoms with Crippen LogP contribution >= 0.6 is 11.3 Å². The van der Waals surface area contributed by atoms with Crippen LogP contribution in [0.3, 0.4) is 0 Å². The molecule has 24 heavy (non-hydrogen) atoms. The lowest BCUT2D eigenvalue weighted by Gasteiger charge is -2.14. The quantitative estimate of drug-likeness (QED) is 0.539. The van der Waals surface area contributed by atoms with Crippen LogP contribution in [0.15, 0.2) is 53.6 Å². The van der Waals surface area contributed by atoms with Crippen LogP contribution in [-0.2, 0) is 6.42 Å². The van der Waals surface area contributed by atoms with Crippen molar-refractivity contribution in [3.8, 4) is 11.8 Å². The Labute approximate surface area is 145 Å². The average Bonchev–Trinajstić information content (AvgIpc) is 3.10. The maximum Gasteiger partial charge on any atom is 0.227 e. The molecule has 0 aliphatic heterocycles. The van der Waals surface area contributed by atoms with E-state index in [1.165, 1.54) is 10.1 Å². The minimum absolute atomic E-state index is 0.130. The molecule has 0 saturated carbocycles. The molecule has 4 heteroatoms.